The fraction of sp³-hybridized carbons (Fsp3) is 0.789. The summed E-state index contributed by atoms with van der Waals surface area (Å²) < 4.78 is 14.3. The van der Waals surface area contributed by atoms with Gasteiger partial charge in [-0.3, -0.25) is 0 Å². The van der Waals surface area contributed by atoms with E-state index in [9.17, 15) is 4.57 Å². The van der Waals surface area contributed by atoms with E-state index in [0.29, 0.717) is 11.3 Å². The zero-order chi connectivity index (χ0) is 14.5. The van der Waals surface area contributed by atoms with Crippen LogP contribution in [0.2, 0.25) is 0 Å². The highest BCUT2D eigenvalue weighted by molar-refractivity contribution is 7.69. The molecule has 0 spiro atoms. The zero-order valence-electron chi connectivity index (χ0n) is 13.4. The summed E-state index contributed by atoms with van der Waals surface area (Å²) in [5, 5.41) is 1.42. The molecular weight excluding hydrogens is 275 g/mol. The summed E-state index contributed by atoms with van der Waals surface area (Å²) >= 11 is 0. The van der Waals surface area contributed by atoms with Gasteiger partial charge in [0.15, 0.2) is 0 Å². The minimum Gasteiger partial charge on any atom is -0.318 e. The van der Waals surface area contributed by atoms with Crippen molar-refractivity contribution in [2.45, 2.75) is 94.8 Å². The Labute approximate surface area is 130 Å². The average Bonchev–Trinajstić information content (AvgIpc) is 2.85. The van der Waals surface area contributed by atoms with Crippen LogP contribution in [-0.4, -0.2) is 11.3 Å². The van der Waals surface area contributed by atoms with E-state index in [-0.39, 0.29) is 0 Å². The summed E-state index contributed by atoms with van der Waals surface area (Å²) in [6.45, 7) is 0. The van der Waals surface area contributed by atoms with Gasteiger partial charge in [-0.15, -0.1) is 0 Å². The molecule has 0 aromatic carbocycles. The maximum atomic E-state index is 14.3. The van der Waals surface area contributed by atoms with Crippen LogP contribution >= 0.6 is 7.14 Å². The Hall–Kier alpha value is -0.290. The molecule has 0 saturated heterocycles. The maximum absolute atomic E-state index is 14.3. The predicted octanol–water partition coefficient (Wildman–Crippen LogP) is 6.64. The molecule has 0 aromatic heterocycles. The first kappa shape index (κ1) is 15.6. The Balaban J connectivity index is 1.88. The fourth-order valence-corrected chi connectivity index (χ4v) is 9.37. The first-order chi connectivity index (χ1) is 10.3. The number of hydrogen-bond acceptors (Lipinski definition) is 1. The first-order valence-corrected chi connectivity index (χ1v) is 11.1. The molecule has 1 nitrogen and oxygen atoms in total. The van der Waals surface area contributed by atoms with Crippen molar-refractivity contribution in [3.8, 4) is 0 Å². The number of rotatable bonds is 3. The second-order valence-electron chi connectivity index (χ2n) is 7.22. The van der Waals surface area contributed by atoms with Crippen molar-refractivity contribution in [2.24, 2.45) is 0 Å². The average molecular weight is 306 g/mol. The van der Waals surface area contributed by atoms with Crippen LogP contribution in [0.5, 0.6) is 0 Å². The third kappa shape index (κ3) is 3.39. The molecular formula is C19H31OP. The van der Waals surface area contributed by atoms with Gasteiger partial charge in [-0.2, -0.15) is 0 Å². The van der Waals surface area contributed by atoms with Crippen molar-refractivity contribution in [1.82, 2.24) is 0 Å². The molecule has 1 atom stereocenters. The molecule has 0 radical (unpaired) electrons. The van der Waals surface area contributed by atoms with Gasteiger partial charge in [0.05, 0.1) is 0 Å². The fourth-order valence-electron chi connectivity index (χ4n) is 4.71. The lowest BCUT2D eigenvalue weighted by atomic mass is 10.0. The molecule has 118 valence electrons. The topological polar surface area (TPSA) is 17.1 Å². The van der Waals surface area contributed by atoms with E-state index in [0.717, 1.165) is 19.3 Å². The van der Waals surface area contributed by atoms with Crippen molar-refractivity contribution < 1.29 is 4.57 Å². The van der Waals surface area contributed by atoms with Crippen LogP contribution in [0.15, 0.2) is 23.5 Å². The van der Waals surface area contributed by atoms with Crippen molar-refractivity contribution in [3.05, 3.63) is 23.5 Å². The molecule has 0 aromatic rings. The monoisotopic (exact) mass is 306 g/mol. The third-order valence-corrected chi connectivity index (χ3v) is 10.4. The molecule has 2 heteroatoms. The molecule has 0 N–H and O–H groups in total. The highest BCUT2D eigenvalue weighted by atomic mass is 31.2. The molecule has 1 unspecified atom stereocenters. The van der Waals surface area contributed by atoms with Crippen LogP contribution in [-0.2, 0) is 4.57 Å². The molecule has 3 aliphatic rings. The zero-order valence-corrected chi connectivity index (χ0v) is 14.3. The van der Waals surface area contributed by atoms with E-state index < -0.39 is 7.14 Å². The molecule has 3 aliphatic carbocycles. The standard InChI is InChI=1S/C19H31OP/c20-21(18-13-7-3-8-14-18,19-15-9-4-10-16-19)17-11-5-1-2-6-12-17/h1-2,13,17,19H,3-12,14-16H2. The van der Waals surface area contributed by atoms with Gasteiger partial charge < -0.3 is 4.57 Å². The predicted molar refractivity (Wildman–Crippen MR) is 92.4 cm³/mol. The summed E-state index contributed by atoms with van der Waals surface area (Å²) in [6, 6.07) is 0. The van der Waals surface area contributed by atoms with Gasteiger partial charge in [0.25, 0.3) is 0 Å². The van der Waals surface area contributed by atoms with Gasteiger partial charge in [-0.1, -0.05) is 37.5 Å². The highest BCUT2D eigenvalue weighted by Crippen LogP contribution is 2.69. The van der Waals surface area contributed by atoms with Crippen LogP contribution in [0.4, 0.5) is 0 Å². The van der Waals surface area contributed by atoms with Crippen molar-refractivity contribution >= 4 is 7.14 Å². The normalized spacial score (nSPS) is 28.7. The van der Waals surface area contributed by atoms with Gasteiger partial charge >= 0.3 is 0 Å². The minimum atomic E-state index is -2.15. The van der Waals surface area contributed by atoms with Crippen LogP contribution in [0.25, 0.3) is 0 Å². The maximum Gasteiger partial charge on any atom is 0.117 e. The largest absolute Gasteiger partial charge is 0.318 e. The quantitative estimate of drug-likeness (QED) is 0.422. The lowest BCUT2D eigenvalue weighted by Crippen LogP contribution is -2.23. The third-order valence-electron chi connectivity index (χ3n) is 5.88. The molecule has 0 bridgehead atoms. The SMILES string of the molecule is O=P(C1=CCCCC1)(C1CCC=CCC1)C1CCCCC1. The molecule has 0 amide bonds. The highest BCUT2D eigenvalue weighted by Gasteiger charge is 2.42. The Morgan fingerprint density at radius 1 is 0.762 bits per heavy atom. The minimum absolute atomic E-state index is 0.486. The van der Waals surface area contributed by atoms with Crippen molar-refractivity contribution in [3.63, 3.8) is 0 Å². The summed E-state index contributed by atoms with van der Waals surface area (Å²) in [5.41, 5.74) is 1.01. The molecule has 1 saturated carbocycles. The summed E-state index contributed by atoms with van der Waals surface area (Å²) in [5.74, 6) is 0. The van der Waals surface area contributed by atoms with E-state index in [1.54, 1.807) is 0 Å². The van der Waals surface area contributed by atoms with E-state index >= 15 is 0 Å². The van der Waals surface area contributed by atoms with E-state index in [2.05, 4.69) is 18.2 Å². The summed E-state index contributed by atoms with van der Waals surface area (Å²) in [6.07, 6.45) is 23.0. The van der Waals surface area contributed by atoms with Crippen LogP contribution in [0.1, 0.15) is 83.5 Å². The Morgan fingerprint density at radius 2 is 1.43 bits per heavy atom. The summed E-state index contributed by atoms with van der Waals surface area (Å²) in [4.78, 5) is 0. The lowest BCUT2D eigenvalue weighted by molar-refractivity contribution is 0.472. The van der Waals surface area contributed by atoms with E-state index in [4.69, 9.17) is 0 Å². The molecule has 1 fully saturated rings. The molecule has 0 aliphatic heterocycles. The van der Waals surface area contributed by atoms with Gasteiger partial charge in [0.1, 0.15) is 7.14 Å². The Kier molecular flexibility index (Phi) is 5.43. The van der Waals surface area contributed by atoms with Gasteiger partial charge in [-0.25, -0.2) is 0 Å². The molecule has 21 heavy (non-hydrogen) atoms. The molecule has 3 rings (SSSR count). The lowest BCUT2D eigenvalue weighted by Gasteiger charge is -2.39. The van der Waals surface area contributed by atoms with E-state index in [1.165, 1.54) is 69.5 Å². The smallest absolute Gasteiger partial charge is 0.117 e. The van der Waals surface area contributed by atoms with E-state index in [1.807, 2.05) is 0 Å². The second kappa shape index (κ2) is 7.32. The van der Waals surface area contributed by atoms with Crippen molar-refractivity contribution in [2.75, 3.05) is 0 Å². The van der Waals surface area contributed by atoms with Crippen LogP contribution in [0.3, 0.4) is 0 Å². The van der Waals surface area contributed by atoms with Gasteiger partial charge in [-0.05, 0) is 69.5 Å². The Bertz CT molecular complexity index is 432. The van der Waals surface area contributed by atoms with Gasteiger partial charge in [0.2, 0.25) is 0 Å². The molecule has 0 heterocycles. The summed E-state index contributed by atoms with van der Waals surface area (Å²) in [7, 11) is -2.15. The number of hydrogen-bond donors (Lipinski definition) is 0. The number of allylic oxidation sites excluding steroid dienone is 4. The van der Waals surface area contributed by atoms with Crippen LogP contribution in [0, 0.1) is 0 Å². The Morgan fingerprint density at radius 3 is 2.05 bits per heavy atom. The first-order valence-electron chi connectivity index (χ1n) is 9.26. The van der Waals surface area contributed by atoms with Crippen LogP contribution < -0.4 is 0 Å². The second-order valence-corrected chi connectivity index (χ2v) is 10.7. The van der Waals surface area contributed by atoms with Gasteiger partial charge in [0, 0.05) is 11.3 Å². The van der Waals surface area contributed by atoms with Crippen molar-refractivity contribution in [1.29, 1.82) is 0 Å².